The molecule has 0 unspecified atom stereocenters. The molecule has 0 aliphatic rings. The van der Waals surface area contributed by atoms with Crippen molar-refractivity contribution in [1.82, 2.24) is 0 Å². The molecule has 0 bridgehead atoms. The van der Waals surface area contributed by atoms with Crippen LogP contribution < -0.4 is 0 Å². The summed E-state index contributed by atoms with van der Waals surface area (Å²) in [6, 6.07) is 20.5. The number of halogens is 1. The quantitative estimate of drug-likeness (QED) is 0.561. The molecule has 6 heteroatoms. The van der Waals surface area contributed by atoms with Gasteiger partial charge in [-0.1, -0.05) is 46.3 Å². The van der Waals surface area contributed by atoms with Crippen molar-refractivity contribution < 1.29 is 12.8 Å². The van der Waals surface area contributed by atoms with E-state index in [1.54, 1.807) is 36.4 Å². The molecule has 2 aromatic carbocycles. The molecule has 0 radical (unpaired) electrons. The summed E-state index contributed by atoms with van der Waals surface area (Å²) in [5, 5.41) is 9.29. The Morgan fingerprint density at radius 1 is 1.00 bits per heavy atom. The second-order valence-corrected chi connectivity index (χ2v) is 7.98. The largest absolute Gasteiger partial charge is 0.457 e. The maximum atomic E-state index is 12.5. The molecule has 124 valence electrons. The minimum absolute atomic E-state index is 0.0717. The summed E-state index contributed by atoms with van der Waals surface area (Å²) in [5.41, 5.74) is 0.854. The van der Waals surface area contributed by atoms with Gasteiger partial charge in [0.2, 0.25) is 9.84 Å². The number of furan rings is 1. The molecule has 4 nitrogen and oxygen atoms in total. The Morgan fingerprint density at radius 2 is 1.68 bits per heavy atom. The molecule has 3 rings (SSSR count). The molecule has 1 heterocycles. The molecule has 0 aliphatic carbocycles. The Balaban J connectivity index is 1.97. The number of nitriles is 1. The molecule has 0 saturated heterocycles. The predicted octanol–water partition coefficient (Wildman–Crippen LogP) is 5.05. The van der Waals surface area contributed by atoms with Gasteiger partial charge in [0, 0.05) is 16.1 Å². The highest BCUT2D eigenvalue weighted by Gasteiger charge is 2.21. The number of allylic oxidation sites excluding steroid dienone is 1. The highest BCUT2D eigenvalue weighted by Crippen LogP contribution is 2.26. The van der Waals surface area contributed by atoms with Crippen molar-refractivity contribution >= 4 is 31.8 Å². The highest BCUT2D eigenvalue weighted by molar-refractivity contribution is 9.10. The zero-order chi connectivity index (χ0) is 17.9. The molecule has 0 saturated carbocycles. The third-order valence-electron chi connectivity index (χ3n) is 3.48. The summed E-state index contributed by atoms with van der Waals surface area (Å²) in [4.78, 5) is -0.294. The number of hydrogen-bond acceptors (Lipinski definition) is 4. The van der Waals surface area contributed by atoms with Crippen molar-refractivity contribution in [2.45, 2.75) is 4.90 Å². The molecule has 3 aromatic rings. The SMILES string of the molecule is N#C/C(=C/c1ccc(-c2ccc(Br)cc2)o1)S(=O)(=O)c1ccccc1. The van der Waals surface area contributed by atoms with Crippen LogP contribution in [0.3, 0.4) is 0 Å². The lowest BCUT2D eigenvalue weighted by Crippen LogP contribution is -2.03. The van der Waals surface area contributed by atoms with Crippen molar-refractivity contribution in [3.63, 3.8) is 0 Å². The molecular formula is C19H12BrNO3S. The molecule has 0 atom stereocenters. The fourth-order valence-electron chi connectivity index (χ4n) is 2.23. The van der Waals surface area contributed by atoms with E-state index in [0.29, 0.717) is 11.5 Å². The molecule has 25 heavy (non-hydrogen) atoms. The normalized spacial score (nSPS) is 11.9. The van der Waals surface area contributed by atoms with Gasteiger partial charge >= 0.3 is 0 Å². The van der Waals surface area contributed by atoms with Gasteiger partial charge < -0.3 is 4.42 Å². The molecule has 0 N–H and O–H groups in total. The van der Waals surface area contributed by atoms with Crippen LogP contribution in [0.1, 0.15) is 5.76 Å². The average Bonchev–Trinajstić information content (AvgIpc) is 3.09. The number of nitrogens with zero attached hydrogens (tertiary/aromatic N) is 1. The minimum atomic E-state index is -3.88. The van der Waals surface area contributed by atoms with Crippen molar-refractivity contribution in [2.24, 2.45) is 0 Å². The van der Waals surface area contributed by atoms with Gasteiger partial charge in [0.25, 0.3) is 0 Å². The van der Waals surface area contributed by atoms with E-state index >= 15 is 0 Å². The fraction of sp³-hybridized carbons (Fsp3) is 0. The van der Waals surface area contributed by atoms with Crippen LogP contribution in [0.4, 0.5) is 0 Å². The van der Waals surface area contributed by atoms with Crippen molar-refractivity contribution in [2.75, 3.05) is 0 Å². The lowest BCUT2D eigenvalue weighted by molar-refractivity contribution is 0.571. The van der Waals surface area contributed by atoms with E-state index < -0.39 is 9.84 Å². The number of benzene rings is 2. The van der Waals surface area contributed by atoms with Crippen LogP contribution in [-0.4, -0.2) is 8.42 Å². The first-order valence-electron chi connectivity index (χ1n) is 7.28. The minimum Gasteiger partial charge on any atom is -0.457 e. The third kappa shape index (κ3) is 3.73. The van der Waals surface area contributed by atoms with Gasteiger partial charge in [-0.05, 0) is 36.4 Å². The van der Waals surface area contributed by atoms with Gasteiger partial charge in [0.05, 0.1) is 4.90 Å². The Kier molecular flexibility index (Phi) is 4.88. The lowest BCUT2D eigenvalue weighted by atomic mass is 10.2. The van der Waals surface area contributed by atoms with E-state index in [-0.39, 0.29) is 9.80 Å². The summed E-state index contributed by atoms with van der Waals surface area (Å²) in [6.07, 6.45) is 1.24. The lowest BCUT2D eigenvalue weighted by Gasteiger charge is -2.02. The molecule has 0 amide bonds. The van der Waals surface area contributed by atoms with Gasteiger partial charge in [-0.25, -0.2) is 8.42 Å². The summed E-state index contributed by atoms with van der Waals surface area (Å²) < 4.78 is 31.7. The first-order chi connectivity index (χ1) is 12.0. The monoisotopic (exact) mass is 413 g/mol. The first kappa shape index (κ1) is 17.2. The summed E-state index contributed by atoms with van der Waals surface area (Å²) in [5.74, 6) is 0.891. The van der Waals surface area contributed by atoms with Gasteiger partial charge in [-0.3, -0.25) is 0 Å². The average molecular weight is 414 g/mol. The fourth-order valence-corrected chi connectivity index (χ4v) is 3.65. The molecule has 0 spiro atoms. The Labute approximate surface area is 154 Å². The van der Waals surface area contributed by atoms with Crippen LogP contribution in [0.2, 0.25) is 0 Å². The molecule has 0 fully saturated rings. The second-order valence-electron chi connectivity index (χ2n) is 5.15. The molecule has 1 aromatic heterocycles. The summed E-state index contributed by atoms with van der Waals surface area (Å²) in [7, 11) is -3.88. The van der Waals surface area contributed by atoms with Crippen molar-refractivity contribution in [3.05, 3.63) is 81.9 Å². The van der Waals surface area contributed by atoms with E-state index in [0.717, 1.165) is 10.0 Å². The third-order valence-corrected chi connectivity index (χ3v) is 5.69. The van der Waals surface area contributed by atoms with E-state index in [1.807, 2.05) is 24.3 Å². The molecule has 0 aliphatic heterocycles. The Hall–Kier alpha value is -2.62. The standard InChI is InChI=1S/C19H12BrNO3S/c20-15-8-6-14(7-9-15)19-11-10-16(24-19)12-18(13-21)25(22,23)17-4-2-1-3-5-17/h1-12H/b18-12-. The first-order valence-corrected chi connectivity index (χ1v) is 9.56. The van der Waals surface area contributed by atoms with Gasteiger partial charge in [0.15, 0.2) is 4.91 Å². The molecular weight excluding hydrogens is 402 g/mol. The van der Waals surface area contributed by atoms with Gasteiger partial charge in [0.1, 0.15) is 17.6 Å². The van der Waals surface area contributed by atoms with Crippen molar-refractivity contribution in [3.8, 4) is 17.4 Å². The highest BCUT2D eigenvalue weighted by atomic mass is 79.9. The van der Waals surface area contributed by atoms with Crippen LogP contribution >= 0.6 is 15.9 Å². The topological polar surface area (TPSA) is 71.1 Å². The van der Waals surface area contributed by atoms with Crippen LogP contribution in [0.15, 0.2) is 85.4 Å². The summed E-state index contributed by atoms with van der Waals surface area (Å²) in [6.45, 7) is 0. The predicted molar refractivity (Wildman–Crippen MR) is 99.1 cm³/mol. The maximum absolute atomic E-state index is 12.5. The zero-order valence-corrected chi connectivity index (χ0v) is 15.3. The smallest absolute Gasteiger partial charge is 0.216 e. The van der Waals surface area contributed by atoms with E-state index in [2.05, 4.69) is 15.9 Å². The maximum Gasteiger partial charge on any atom is 0.216 e. The van der Waals surface area contributed by atoms with E-state index in [9.17, 15) is 13.7 Å². The van der Waals surface area contributed by atoms with E-state index in [4.69, 9.17) is 4.42 Å². The second kappa shape index (κ2) is 7.09. The van der Waals surface area contributed by atoms with Crippen LogP contribution in [0.25, 0.3) is 17.4 Å². The Bertz CT molecular complexity index is 1060. The number of sulfone groups is 1. The van der Waals surface area contributed by atoms with Crippen LogP contribution in [-0.2, 0) is 9.84 Å². The van der Waals surface area contributed by atoms with Crippen molar-refractivity contribution in [1.29, 1.82) is 5.26 Å². The van der Waals surface area contributed by atoms with Gasteiger partial charge in [-0.15, -0.1) is 0 Å². The number of rotatable bonds is 4. The number of hydrogen-bond donors (Lipinski definition) is 0. The summed E-state index contributed by atoms with van der Waals surface area (Å²) >= 11 is 3.37. The van der Waals surface area contributed by atoms with E-state index in [1.165, 1.54) is 18.2 Å². The van der Waals surface area contributed by atoms with Crippen LogP contribution in [0, 0.1) is 11.3 Å². The Morgan fingerprint density at radius 3 is 2.32 bits per heavy atom. The zero-order valence-electron chi connectivity index (χ0n) is 12.9. The van der Waals surface area contributed by atoms with Gasteiger partial charge in [-0.2, -0.15) is 5.26 Å². The van der Waals surface area contributed by atoms with Crippen LogP contribution in [0.5, 0.6) is 0 Å².